The van der Waals surface area contributed by atoms with Crippen molar-refractivity contribution in [3.05, 3.63) is 65.2 Å². The summed E-state index contributed by atoms with van der Waals surface area (Å²) in [7, 11) is 0. The standard InChI is InChI=1S/C31H29BrCl2N2O6/c1-3-16-8-10-17(11-9-16)36-26(38)19-13-12-18-21(23(19)27(36)39)14-30(33)28(40)35(15-32)29(41)31(30,34)24(18)20-6-5-7-22(25(20)37)42-4-2/h5-12,19,21,23-24,37H,3-4,13-15H2,1-2H3. The van der Waals surface area contributed by atoms with E-state index in [1.165, 1.54) is 4.90 Å². The number of hydrogen-bond acceptors (Lipinski definition) is 6. The minimum Gasteiger partial charge on any atom is -0.504 e. The van der Waals surface area contributed by atoms with Gasteiger partial charge < -0.3 is 9.84 Å². The van der Waals surface area contributed by atoms with Crippen molar-refractivity contribution in [1.82, 2.24) is 4.90 Å². The first kappa shape index (κ1) is 29.2. The van der Waals surface area contributed by atoms with E-state index in [9.17, 15) is 24.3 Å². The Kier molecular flexibility index (Phi) is 7.22. The van der Waals surface area contributed by atoms with Crippen molar-refractivity contribution in [2.75, 3.05) is 17.0 Å². The minimum atomic E-state index is -2.00. The highest BCUT2D eigenvalue weighted by molar-refractivity contribution is 9.09. The van der Waals surface area contributed by atoms with Crippen LogP contribution in [0.5, 0.6) is 11.5 Å². The van der Waals surface area contributed by atoms with Gasteiger partial charge in [-0.1, -0.05) is 58.8 Å². The van der Waals surface area contributed by atoms with E-state index >= 15 is 0 Å². The Balaban J connectivity index is 1.51. The van der Waals surface area contributed by atoms with Crippen molar-refractivity contribution in [2.24, 2.45) is 17.8 Å². The fourth-order valence-electron chi connectivity index (χ4n) is 7.28. The highest BCUT2D eigenvalue weighted by atomic mass is 79.9. The lowest BCUT2D eigenvalue weighted by Crippen LogP contribution is -2.60. The van der Waals surface area contributed by atoms with Crippen LogP contribution in [-0.4, -0.2) is 55.4 Å². The molecule has 2 aromatic carbocycles. The van der Waals surface area contributed by atoms with E-state index in [0.29, 0.717) is 11.3 Å². The van der Waals surface area contributed by atoms with Gasteiger partial charge in [0.05, 0.1) is 29.6 Å². The van der Waals surface area contributed by atoms with E-state index < -0.39 is 45.2 Å². The van der Waals surface area contributed by atoms with Crippen molar-refractivity contribution in [3.8, 4) is 11.5 Å². The number of likely N-dealkylation sites (tertiary alicyclic amines) is 1. The lowest BCUT2D eigenvalue weighted by atomic mass is 9.56. The predicted molar refractivity (Wildman–Crippen MR) is 161 cm³/mol. The zero-order valence-electron chi connectivity index (χ0n) is 23.0. The molecule has 2 aliphatic carbocycles. The number of alkyl halides is 3. The summed E-state index contributed by atoms with van der Waals surface area (Å²) in [6.45, 7) is 4.08. The summed E-state index contributed by atoms with van der Waals surface area (Å²) in [5, 5.41) is 11.4. The second-order valence-electron chi connectivity index (χ2n) is 11.1. The van der Waals surface area contributed by atoms with Crippen molar-refractivity contribution in [1.29, 1.82) is 0 Å². The maximum absolute atomic E-state index is 14.1. The van der Waals surface area contributed by atoms with Gasteiger partial charge in [-0.25, -0.2) is 0 Å². The van der Waals surface area contributed by atoms with Crippen LogP contribution >= 0.6 is 39.1 Å². The van der Waals surface area contributed by atoms with Crippen LogP contribution in [0.3, 0.4) is 0 Å². The molecule has 1 N–H and O–H groups in total. The van der Waals surface area contributed by atoms with Crippen LogP contribution < -0.4 is 9.64 Å². The fourth-order valence-corrected chi connectivity index (χ4v) is 8.70. The number of anilines is 1. The number of nitrogens with zero attached hydrogens (tertiary/aromatic N) is 2. The molecule has 2 heterocycles. The number of rotatable bonds is 6. The first-order chi connectivity index (χ1) is 20.0. The van der Waals surface area contributed by atoms with Crippen LogP contribution in [-0.2, 0) is 25.6 Å². The van der Waals surface area contributed by atoms with Crippen LogP contribution in [0.25, 0.3) is 0 Å². The van der Waals surface area contributed by atoms with Gasteiger partial charge in [0, 0.05) is 11.5 Å². The van der Waals surface area contributed by atoms with E-state index in [-0.39, 0.29) is 53.8 Å². The molecule has 4 aliphatic rings. The number of para-hydroxylation sites is 1. The van der Waals surface area contributed by atoms with Crippen molar-refractivity contribution < 1.29 is 29.0 Å². The molecule has 42 heavy (non-hydrogen) atoms. The maximum Gasteiger partial charge on any atom is 0.254 e. The first-order valence-corrected chi connectivity index (χ1v) is 15.8. The number of phenols is 1. The smallest absolute Gasteiger partial charge is 0.254 e. The zero-order valence-corrected chi connectivity index (χ0v) is 26.1. The maximum atomic E-state index is 14.1. The highest BCUT2D eigenvalue weighted by Crippen LogP contribution is 2.66. The number of aromatic hydroxyl groups is 1. The summed E-state index contributed by atoms with van der Waals surface area (Å²) >= 11 is 17.7. The van der Waals surface area contributed by atoms with E-state index in [1.807, 2.05) is 25.1 Å². The minimum absolute atomic E-state index is 0.122. The normalized spacial score (nSPS) is 32.1. The number of phenolic OH excluding ortho intramolecular Hbond substituents is 1. The van der Waals surface area contributed by atoms with Crippen LogP contribution in [0.15, 0.2) is 54.1 Å². The van der Waals surface area contributed by atoms with Gasteiger partial charge in [0.25, 0.3) is 11.8 Å². The van der Waals surface area contributed by atoms with Crippen molar-refractivity contribution in [2.45, 2.75) is 48.8 Å². The monoisotopic (exact) mass is 674 g/mol. The van der Waals surface area contributed by atoms with Crippen LogP contribution in [0, 0.1) is 17.8 Å². The lowest BCUT2D eigenvalue weighted by molar-refractivity contribution is -0.138. The number of carbonyl (C=O) groups excluding carboxylic acids is 4. The third-order valence-electron chi connectivity index (χ3n) is 9.26. The number of ether oxygens (including phenoxy) is 1. The number of imide groups is 2. The molecule has 6 rings (SSSR count). The van der Waals surface area contributed by atoms with Gasteiger partial charge in [0.2, 0.25) is 11.8 Å². The molecule has 4 amide bonds. The van der Waals surface area contributed by atoms with Crippen LogP contribution in [0.4, 0.5) is 5.69 Å². The average Bonchev–Trinajstić information content (AvgIpc) is 3.32. The number of hydrogen-bond donors (Lipinski definition) is 1. The second-order valence-corrected chi connectivity index (χ2v) is 12.9. The van der Waals surface area contributed by atoms with Crippen molar-refractivity contribution in [3.63, 3.8) is 0 Å². The molecule has 2 aliphatic heterocycles. The van der Waals surface area contributed by atoms with Crippen LogP contribution in [0.2, 0.25) is 0 Å². The summed E-state index contributed by atoms with van der Waals surface area (Å²) in [5.74, 6) is -5.35. The second kappa shape index (κ2) is 10.4. The first-order valence-electron chi connectivity index (χ1n) is 14.0. The Bertz CT molecular complexity index is 1550. The average molecular weight is 676 g/mol. The molecule has 11 heteroatoms. The Morgan fingerprint density at radius 3 is 2.36 bits per heavy atom. The fraction of sp³-hybridized carbons (Fsp3) is 0.419. The van der Waals surface area contributed by atoms with Gasteiger partial charge >= 0.3 is 0 Å². The van der Waals surface area contributed by atoms with Gasteiger partial charge in [-0.2, -0.15) is 0 Å². The van der Waals surface area contributed by atoms with Gasteiger partial charge in [0.1, 0.15) is 0 Å². The molecule has 0 aromatic heterocycles. The number of aryl methyl sites for hydroxylation is 1. The molecule has 6 atom stereocenters. The largest absolute Gasteiger partial charge is 0.504 e. The van der Waals surface area contributed by atoms with E-state index in [0.717, 1.165) is 16.9 Å². The Hall–Kier alpha value is -2.88. The molecule has 6 unspecified atom stereocenters. The third-order valence-corrected chi connectivity index (χ3v) is 11.2. The number of carbonyl (C=O) groups is 4. The number of amides is 4. The number of fused-ring (bicyclic) bond motifs is 4. The number of allylic oxidation sites excluding steroid dienone is 2. The van der Waals surface area contributed by atoms with Gasteiger partial charge in [0.15, 0.2) is 21.2 Å². The van der Waals surface area contributed by atoms with Gasteiger partial charge in [-0.05, 0) is 55.9 Å². The number of halogens is 3. The quantitative estimate of drug-likeness (QED) is 0.194. The van der Waals surface area contributed by atoms with Gasteiger partial charge in [-0.3, -0.25) is 29.0 Å². The van der Waals surface area contributed by atoms with Gasteiger partial charge in [-0.15, -0.1) is 23.2 Å². The molecule has 8 nitrogen and oxygen atoms in total. The van der Waals surface area contributed by atoms with E-state index in [4.69, 9.17) is 27.9 Å². The summed E-state index contributed by atoms with van der Waals surface area (Å²) in [4.78, 5) is 53.8. The predicted octanol–water partition coefficient (Wildman–Crippen LogP) is 5.27. The SMILES string of the molecule is CCOc1cccc(C2C3=CCC4C(=O)N(c5ccc(CC)cc5)C(=O)C4C3CC3(Cl)C(=O)N(CBr)C(=O)C23Cl)c1O. The molecular weight excluding hydrogens is 647 g/mol. The summed E-state index contributed by atoms with van der Waals surface area (Å²) in [6.07, 6.45) is 2.77. The van der Waals surface area contributed by atoms with E-state index in [1.54, 1.807) is 37.3 Å². The van der Waals surface area contributed by atoms with Crippen molar-refractivity contribution >= 4 is 68.4 Å². The number of benzene rings is 2. The molecule has 0 spiro atoms. The Morgan fingerprint density at radius 1 is 1.00 bits per heavy atom. The Labute approximate surface area is 261 Å². The van der Waals surface area contributed by atoms with Crippen LogP contribution in [0.1, 0.15) is 43.7 Å². The lowest BCUT2D eigenvalue weighted by Gasteiger charge is -2.50. The molecular formula is C31H29BrCl2N2O6. The molecule has 0 radical (unpaired) electrons. The molecule has 3 fully saturated rings. The summed E-state index contributed by atoms with van der Waals surface area (Å²) in [5.41, 5.74) is 2.30. The third kappa shape index (κ3) is 3.78. The molecule has 2 aromatic rings. The zero-order chi connectivity index (χ0) is 30.1. The molecule has 0 bridgehead atoms. The van der Waals surface area contributed by atoms with E-state index in [2.05, 4.69) is 15.9 Å². The molecule has 2 saturated heterocycles. The molecule has 220 valence electrons. The summed E-state index contributed by atoms with van der Waals surface area (Å²) < 4.78 is 5.62. The summed E-state index contributed by atoms with van der Waals surface area (Å²) in [6, 6.07) is 12.2. The topological polar surface area (TPSA) is 104 Å². The highest BCUT2D eigenvalue weighted by Gasteiger charge is 2.76. The Morgan fingerprint density at radius 2 is 1.71 bits per heavy atom. The molecule has 1 saturated carbocycles.